The van der Waals surface area contributed by atoms with Crippen LogP contribution in [0, 0.1) is 13.8 Å². The first-order valence-electron chi connectivity index (χ1n) is 5.76. The summed E-state index contributed by atoms with van der Waals surface area (Å²) in [7, 11) is 0. The lowest BCUT2D eigenvalue weighted by molar-refractivity contribution is 0.432. The summed E-state index contributed by atoms with van der Waals surface area (Å²) in [6.45, 7) is 3.95. The maximum absolute atomic E-state index is 5.93. The van der Waals surface area contributed by atoms with Crippen molar-refractivity contribution in [1.82, 2.24) is 15.1 Å². The Balaban J connectivity index is 2.05. The van der Waals surface area contributed by atoms with Gasteiger partial charge in [-0.2, -0.15) is 4.98 Å². The second-order valence-electron chi connectivity index (χ2n) is 4.25. The molecule has 0 spiro atoms. The molecule has 5 nitrogen and oxygen atoms in total. The molecule has 19 heavy (non-hydrogen) atoms. The third-order valence-corrected chi connectivity index (χ3v) is 3.68. The highest BCUT2D eigenvalue weighted by Gasteiger charge is 2.15. The predicted molar refractivity (Wildman–Crippen MR) is 74.7 cm³/mol. The summed E-state index contributed by atoms with van der Waals surface area (Å²) < 4.78 is 5.30. The molecule has 2 N–H and O–H groups in total. The van der Waals surface area contributed by atoms with Crippen molar-refractivity contribution >= 4 is 16.3 Å². The first-order valence-corrected chi connectivity index (χ1v) is 6.58. The van der Waals surface area contributed by atoms with Crippen molar-refractivity contribution < 1.29 is 4.52 Å². The monoisotopic (exact) mass is 272 g/mol. The fourth-order valence-corrected chi connectivity index (χ4v) is 2.65. The van der Waals surface area contributed by atoms with Crippen LogP contribution in [-0.2, 0) is 0 Å². The summed E-state index contributed by atoms with van der Waals surface area (Å²) in [4.78, 5) is 9.57. The number of pyridine rings is 1. The molecule has 0 aliphatic carbocycles. The zero-order valence-electron chi connectivity index (χ0n) is 10.5. The zero-order valence-corrected chi connectivity index (χ0v) is 11.4. The van der Waals surface area contributed by atoms with Crippen molar-refractivity contribution in [2.75, 3.05) is 5.73 Å². The van der Waals surface area contributed by atoms with Crippen molar-refractivity contribution in [1.29, 1.82) is 0 Å². The standard InChI is InChI=1S/C13H12N4OS/c1-7-6-15-4-3-9(7)12-16-13(18-17-12)10-5-8(2)19-11(10)14/h3-6H,14H2,1-2H3. The van der Waals surface area contributed by atoms with E-state index < -0.39 is 0 Å². The molecule has 0 fully saturated rings. The highest BCUT2D eigenvalue weighted by molar-refractivity contribution is 7.16. The predicted octanol–water partition coefficient (Wildman–Crippen LogP) is 3.06. The summed E-state index contributed by atoms with van der Waals surface area (Å²) in [6, 6.07) is 3.82. The zero-order chi connectivity index (χ0) is 13.4. The van der Waals surface area contributed by atoms with Crippen molar-refractivity contribution in [2.45, 2.75) is 13.8 Å². The average molecular weight is 272 g/mol. The van der Waals surface area contributed by atoms with Crippen molar-refractivity contribution in [3.05, 3.63) is 35.0 Å². The van der Waals surface area contributed by atoms with Gasteiger partial charge < -0.3 is 10.3 Å². The summed E-state index contributed by atoms with van der Waals surface area (Å²) >= 11 is 1.51. The molecule has 3 aromatic heterocycles. The molecule has 3 rings (SSSR count). The number of anilines is 1. The minimum absolute atomic E-state index is 0.452. The fraction of sp³-hybridized carbons (Fsp3) is 0.154. The molecular formula is C13H12N4OS. The fourth-order valence-electron chi connectivity index (χ4n) is 1.87. The second kappa shape index (κ2) is 4.47. The molecule has 3 heterocycles. The lowest BCUT2D eigenvalue weighted by Crippen LogP contribution is -1.87. The first-order chi connectivity index (χ1) is 9.15. The van der Waals surface area contributed by atoms with Crippen molar-refractivity contribution in [3.8, 4) is 22.8 Å². The molecule has 96 valence electrons. The van der Waals surface area contributed by atoms with Gasteiger partial charge in [0.2, 0.25) is 5.82 Å². The number of aromatic nitrogens is 3. The molecule has 0 radical (unpaired) electrons. The van der Waals surface area contributed by atoms with Crippen LogP contribution in [0.2, 0.25) is 0 Å². The van der Waals surface area contributed by atoms with E-state index in [0.717, 1.165) is 21.6 Å². The van der Waals surface area contributed by atoms with Crippen LogP contribution < -0.4 is 5.73 Å². The lowest BCUT2D eigenvalue weighted by atomic mass is 10.1. The van der Waals surface area contributed by atoms with E-state index in [9.17, 15) is 0 Å². The third-order valence-electron chi connectivity index (χ3n) is 2.80. The molecule has 3 aromatic rings. The Bertz CT molecular complexity index is 732. The van der Waals surface area contributed by atoms with Crippen LogP contribution in [0.15, 0.2) is 29.0 Å². The number of rotatable bonds is 2. The van der Waals surface area contributed by atoms with Gasteiger partial charge in [0.15, 0.2) is 0 Å². The molecule has 0 saturated carbocycles. The molecule has 0 bridgehead atoms. The Morgan fingerprint density at radius 2 is 2.11 bits per heavy atom. The molecule has 0 aliphatic heterocycles. The van der Waals surface area contributed by atoms with Gasteiger partial charge in [0, 0.05) is 22.8 Å². The molecule has 0 amide bonds. The Morgan fingerprint density at radius 1 is 1.26 bits per heavy atom. The normalized spacial score (nSPS) is 10.8. The number of thiophene rings is 1. The van der Waals surface area contributed by atoms with Gasteiger partial charge in [0.1, 0.15) is 0 Å². The van der Waals surface area contributed by atoms with Gasteiger partial charge in [-0.15, -0.1) is 11.3 Å². The van der Waals surface area contributed by atoms with E-state index >= 15 is 0 Å². The van der Waals surface area contributed by atoms with E-state index in [1.54, 1.807) is 12.4 Å². The molecule has 6 heteroatoms. The van der Waals surface area contributed by atoms with Crippen LogP contribution in [0.25, 0.3) is 22.8 Å². The lowest BCUT2D eigenvalue weighted by Gasteiger charge is -1.97. The molecule has 0 unspecified atom stereocenters. The van der Waals surface area contributed by atoms with Gasteiger partial charge in [-0.1, -0.05) is 5.16 Å². The summed E-state index contributed by atoms with van der Waals surface area (Å²) in [5.74, 6) is 1.01. The number of nitrogens with zero attached hydrogens (tertiary/aromatic N) is 3. The van der Waals surface area contributed by atoms with Crippen LogP contribution in [0.1, 0.15) is 10.4 Å². The Labute approximate surface area is 114 Å². The minimum Gasteiger partial charge on any atom is -0.390 e. The smallest absolute Gasteiger partial charge is 0.261 e. The Hall–Kier alpha value is -2.21. The van der Waals surface area contributed by atoms with E-state index in [-0.39, 0.29) is 0 Å². The van der Waals surface area contributed by atoms with E-state index in [4.69, 9.17) is 10.3 Å². The maximum atomic E-state index is 5.93. The topological polar surface area (TPSA) is 77.8 Å². The van der Waals surface area contributed by atoms with Gasteiger partial charge in [-0.3, -0.25) is 4.98 Å². The van der Waals surface area contributed by atoms with Gasteiger partial charge in [-0.25, -0.2) is 0 Å². The minimum atomic E-state index is 0.452. The van der Waals surface area contributed by atoms with E-state index in [1.165, 1.54) is 11.3 Å². The maximum Gasteiger partial charge on any atom is 0.261 e. The third kappa shape index (κ3) is 2.10. The van der Waals surface area contributed by atoms with Crippen LogP contribution >= 0.6 is 11.3 Å². The summed E-state index contributed by atoms with van der Waals surface area (Å²) in [6.07, 6.45) is 3.48. The molecule has 0 atom stereocenters. The highest BCUT2D eigenvalue weighted by atomic mass is 32.1. The highest BCUT2D eigenvalue weighted by Crippen LogP contribution is 2.33. The van der Waals surface area contributed by atoms with Crippen molar-refractivity contribution in [3.63, 3.8) is 0 Å². The van der Waals surface area contributed by atoms with E-state index in [0.29, 0.717) is 16.7 Å². The first kappa shape index (κ1) is 11.9. The van der Waals surface area contributed by atoms with Crippen LogP contribution in [0.3, 0.4) is 0 Å². The molecule has 0 saturated heterocycles. The SMILES string of the molecule is Cc1cc(-c2nc(-c3ccncc3C)no2)c(N)s1. The van der Waals surface area contributed by atoms with E-state index in [1.807, 2.05) is 26.0 Å². The quantitative estimate of drug-likeness (QED) is 0.775. The summed E-state index contributed by atoms with van der Waals surface area (Å²) in [5.41, 5.74) is 8.65. The second-order valence-corrected chi connectivity index (χ2v) is 5.54. The number of hydrogen-bond donors (Lipinski definition) is 1. The average Bonchev–Trinajstić information content (AvgIpc) is 2.96. The van der Waals surface area contributed by atoms with Crippen LogP contribution in [-0.4, -0.2) is 15.1 Å². The Kier molecular flexibility index (Phi) is 2.79. The molecule has 0 aromatic carbocycles. The van der Waals surface area contributed by atoms with Gasteiger partial charge in [-0.05, 0) is 31.5 Å². The summed E-state index contributed by atoms with van der Waals surface area (Å²) in [5, 5.41) is 4.70. The van der Waals surface area contributed by atoms with Gasteiger partial charge in [0.25, 0.3) is 5.89 Å². The number of aryl methyl sites for hydroxylation is 2. The molecule has 0 aliphatic rings. The van der Waals surface area contributed by atoms with Crippen LogP contribution in [0.5, 0.6) is 0 Å². The number of hydrogen-bond acceptors (Lipinski definition) is 6. The van der Waals surface area contributed by atoms with Crippen LogP contribution in [0.4, 0.5) is 5.00 Å². The number of nitrogen functional groups attached to an aromatic ring is 1. The van der Waals surface area contributed by atoms with Crippen molar-refractivity contribution in [2.24, 2.45) is 0 Å². The van der Waals surface area contributed by atoms with Gasteiger partial charge in [0.05, 0.1) is 10.6 Å². The largest absolute Gasteiger partial charge is 0.390 e. The molecular weight excluding hydrogens is 260 g/mol. The van der Waals surface area contributed by atoms with E-state index in [2.05, 4.69) is 15.1 Å². The Morgan fingerprint density at radius 3 is 2.79 bits per heavy atom. The number of nitrogens with two attached hydrogens (primary N) is 1. The van der Waals surface area contributed by atoms with Gasteiger partial charge >= 0.3 is 0 Å².